The van der Waals surface area contributed by atoms with Crippen molar-refractivity contribution in [2.45, 2.75) is 19.8 Å². The van der Waals surface area contributed by atoms with Gasteiger partial charge < -0.3 is 5.32 Å². The van der Waals surface area contributed by atoms with Crippen LogP contribution in [0.25, 0.3) is 0 Å². The number of hydrogen-bond acceptors (Lipinski definition) is 3. The first-order chi connectivity index (χ1) is 9.97. The Bertz CT molecular complexity index is 634. The third-order valence-electron chi connectivity index (χ3n) is 2.74. The normalized spacial score (nSPS) is 10.7. The van der Waals surface area contributed by atoms with Crippen LogP contribution in [0, 0.1) is 24.4 Å². The van der Waals surface area contributed by atoms with Gasteiger partial charge in [-0.15, -0.1) is 0 Å². The van der Waals surface area contributed by atoms with Crippen molar-refractivity contribution in [1.82, 2.24) is 20.5 Å². The lowest BCUT2D eigenvalue weighted by Gasteiger charge is -2.06. The number of rotatable bonds is 5. The van der Waals surface area contributed by atoms with Crippen molar-refractivity contribution >= 4 is 5.91 Å². The van der Waals surface area contributed by atoms with Gasteiger partial charge in [-0.05, 0) is 13.3 Å². The van der Waals surface area contributed by atoms with E-state index in [4.69, 9.17) is 0 Å². The minimum Gasteiger partial charge on any atom is -0.352 e. The van der Waals surface area contributed by atoms with Crippen molar-refractivity contribution in [3.05, 3.63) is 46.8 Å². The van der Waals surface area contributed by atoms with Crippen LogP contribution in [0.5, 0.6) is 0 Å². The van der Waals surface area contributed by atoms with E-state index < -0.39 is 28.9 Å². The summed E-state index contributed by atoms with van der Waals surface area (Å²) in [5.74, 6) is -3.16. The monoisotopic (exact) mass is 298 g/mol. The van der Waals surface area contributed by atoms with Crippen LogP contribution in [0.15, 0.2) is 12.1 Å². The average Bonchev–Trinajstić information content (AvgIpc) is 2.79. The molecule has 1 aromatic carbocycles. The summed E-state index contributed by atoms with van der Waals surface area (Å²) in [6.07, 6.45) is 1.02. The number of aromatic amines is 1. The van der Waals surface area contributed by atoms with Crippen LogP contribution in [0.4, 0.5) is 13.2 Å². The summed E-state index contributed by atoms with van der Waals surface area (Å²) >= 11 is 0. The molecule has 0 spiro atoms. The zero-order valence-electron chi connectivity index (χ0n) is 11.2. The predicted molar refractivity (Wildman–Crippen MR) is 68.1 cm³/mol. The summed E-state index contributed by atoms with van der Waals surface area (Å²) in [7, 11) is 0. The number of nitrogens with zero attached hydrogens (tertiary/aromatic N) is 2. The molecule has 112 valence electrons. The molecule has 8 heteroatoms. The van der Waals surface area contributed by atoms with E-state index >= 15 is 0 Å². The lowest BCUT2D eigenvalue weighted by Crippen LogP contribution is -2.27. The zero-order valence-corrected chi connectivity index (χ0v) is 11.2. The number of H-pyrrole nitrogens is 1. The second kappa shape index (κ2) is 6.38. The van der Waals surface area contributed by atoms with Gasteiger partial charge >= 0.3 is 0 Å². The molecule has 0 atom stereocenters. The third-order valence-corrected chi connectivity index (χ3v) is 2.74. The molecule has 1 amide bonds. The summed E-state index contributed by atoms with van der Waals surface area (Å²) in [6.45, 7) is 1.96. The van der Waals surface area contributed by atoms with Crippen LogP contribution in [0.1, 0.15) is 28.4 Å². The Kier molecular flexibility index (Phi) is 4.56. The van der Waals surface area contributed by atoms with Crippen molar-refractivity contribution in [1.29, 1.82) is 0 Å². The third kappa shape index (κ3) is 3.80. The van der Waals surface area contributed by atoms with E-state index in [9.17, 15) is 18.0 Å². The van der Waals surface area contributed by atoms with Gasteiger partial charge in [0, 0.05) is 25.1 Å². The fourth-order valence-corrected chi connectivity index (χ4v) is 1.80. The van der Waals surface area contributed by atoms with Gasteiger partial charge in [-0.25, -0.2) is 18.2 Å². The summed E-state index contributed by atoms with van der Waals surface area (Å²) in [4.78, 5) is 15.7. The molecule has 0 bridgehead atoms. The number of benzene rings is 1. The maximum Gasteiger partial charge on any atom is 0.257 e. The topological polar surface area (TPSA) is 70.7 Å². The van der Waals surface area contributed by atoms with E-state index in [1.165, 1.54) is 0 Å². The molecule has 0 aliphatic heterocycles. The summed E-state index contributed by atoms with van der Waals surface area (Å²) in [5, 5.41) is 8.97. The number of hydrogen-bond donors (Lipinski definition) is 2. The number of aromatic nitrogens is 3. The first-order valence-electron chi connectivity index (χ1n) is 6.28. The molecule has 0 aliphatic carbocycles. The predicted octanol–water partition coefficient (Wildman–Crippen LogP) is 1.89. The fourth-order valence-electron chi connectivity index (χ4n) is 1.80. The summed E-state index contributed by atoms with van der Waals surface area (Å²) in [5.41, 5.74) is -0.787. The van der Waals surface area contributed by atoms with Gasteiger partial charge in [0.25, 0.3) is 5.91 Å². The van der Waals surface area contributed by atoms with Gasteiger partial charge in [-0.1, -0.05) is 0 Å². The number of aryl methyl sites for hydroxylation is 2. The molecular weight excluding hydrogens is 285 g/mol. The molecule has 1 aromatic heterocycles. The lowest BCUT2D eigenvalue weighted by molar-refractivity contribution is 0.0944. The van der Waals surface area contributed by atoms with Gasteiger partial charge in [0.15, 0.2) is 5.82 Å². The molecule has 0 radical (unpaired) electrons. The van der Waals surface area contributed by atoms with Crippen molar-refractivity contribution in [3.63, 3.8) is 0 Å². The van der Waals surface area contributed by atoms with Crippen LogP contribution >= 0.6 is 0 Å². The molecule has 21 heavy (non-hydrogen) atoms. The van der Waals surface area contributed by atoms with E-state index in [1.54, 1.807) is 6.92 Å². The molecule has 2 N–H and O–H groups in total. The molecule has 0 aliphatic rings. The van der Waals surface area contributed by atoms with E-state index in [-0.39, 0.29) is 6.54 Å². The largest absolute Gasteiger partial charge is 0.352 e. The molecule has 0 saturated carbocycles. The molecule has 0 unspecified atom stereocenters. The van der Waals surface area contributed by atoms with Crippen LogP contribution in [-0.4, -0.2) is 27.6 Å². The maximum absolute atomic E-state index is 13.4. The first kappa shape index (κ1) is 15.0. The molecule has 5 nitrogen and oxygen atoms in total. The van der Waals surface area contributed by atoms with E-state index in [0.717, 1.165) is 0 Å². The highest BCUT2D eigenvalue weighted by Gasteiger charge is 2.18. The van der Waals surface area contributed by atoms with E-state index in [0.29, 0.717) is 36.6 Å². The van der Waals surface area contributed by atoms with Gasteiger partial charge in [-0.2, -0.15) is 5.10 Å². The Morgan fingerprint density at radius 2 is 1.95 bits per heavy atom. The van der Waals surface area contributed by atoms with Crippen LogP contribution in [-0.2, 0) is 6.42 Å². The van der Waals surface area contributed by atoms with Crippen molar-refractivity contribution in [2.75, 3.05) is 6.54 Å². The Morgan fingerprint density at radius 1 is 1.29 bits per heavy atom. The van der Waals surface area contributed by atoms with Crippen LogP contribution < -0.4 is 5.32 Å². The van der Waals surface area contributed by atoms with Gasteiger partial charge in [0.1, 0.15) is 28.8 Å². The van der Waals surface area contributed by atoms with E-state index in [2.05, 4.69) is 20.5 Å². The number of carbonyl (C=O) groups excluding carboxylic acids is 1. The minimum absolute atomic E-state index is 0.197. The van der Waals surface area contributed by atoms with Crippen molar-refractivity contribution in [2.24, 2.45) is 0 Å². The Morgan fingerprint density at radius 3 is 2.52 bits per heavy atom. The highest BCUT2D eigenvalue weighted by molar-refractivity contribution is 5.94. The Hall–Kier alpha value is -2.38. The zero-order chi connectivity index (χ0) is 15.4. The Labute approximate surface area is 118 Å². The quantitative estimate of drug-likeness (QED) is 0.828. The number of carbonyl (C=O) groups is 1. The second-order valence-electron chi connectivity index (χ2n) is 4.44. The highest BCUT2D eigenvalue weighted by Crippen LogP contribution is 2.14. The lowest BCUT2D eigenvalue weighted by atomic mass is 10.1. The van der Waals surface area contributed by atoms with Gasteiger partial charge in [0.05, 0.1) is 0 Å². The number of amides is 1. The summed E-state index contributed by atoms with van der Waals surface area (Å²) < 4.78 is 39.5. The van der Waals surface area contributed by atoms with Gasteiger partial charge in [-0.3, -0.25) is 9.89 Å². The maximum atomic E-state index is 13.4. The SMILES string of the molecule is Cc1nc(CCCNC(=O)c2c(F)cc(F)cc2F)n[nH]1. The Balaban J connectivity index is 1.87. The number of halogens is 3. The van der Waals surface area contributed by atoms with Crippen molar-refractivity contribution in [3.8, 4) is 0 Å². The van der Waals surface area contributed by atoms with E-state index in [1.807, 2.05) is 0 Å². The highest BCUT2D eigenvalue weighted by atomic mass is 19.1. The minimum atomic E-state index is -1.23. The van der Waals surface area contributed by atoms with Crippen LogP contribution in [0.3, 0.4) is 0 Å². The second-order valence-corrected chi connectivity index (χ2v) is 4.44. The molecular formula is C13H13F3N4O. The average molecular weight is 298 g/mol. The van der Waals surface area contributed by atoms with Gasteiger partial charge in [0.2, 0.25) is 0 Å². The molecule has 2 aromatic rings. The van der Waals surface area contributed by atoms with Crippen LogP contribution in [0.2, 0.25) is 0 Å². The fraction of sp³-hybridized carbons (Fsp3) is 0.308. The summed E-state index contributed by atoms with van der Waals surface area (Å²) in [6, 6.07) is 0.933. The molecule has 1 heterocycles. The molecule has 0 fully saturated rings. The number of nitrogens with one attached hydrogen (secondary N) is 2. The smallest absolute Gasteiger partial charge is 0.257 e. The molecule has 2 rings (SSSR count). The standard InChI is InChI=1S/C13H13F3N4O/c1-7-18-11(20-19-7)3-2-4-17-13(21)12-9(15)5-8(14)6-10(12)16/h5-6H,2-4H2,1H3,(H,17,21)(H,18,19,20). The molecule has 0 saturated heterocycles. The van der Waals surface area contributed by atoms with Crippen molar-refractivity contribution < 1.29 is 18.0 Å². The first-order valence-corrected chi connectivity index (χ1v) is 6.28.